The average molecular weight is 362 g/mol. The van der Waals surface area contributed by atoms with Crippen molar-refractivity contribution < 1.29 is 14.6 Å². The number of aliphatic hydroxyl groups excluding tert-OH is 1. The SMILES string of the molecule is NCCOc1ccccc1/C1=C/C(=O)CCCC(=S)C(CCCO)C1. The molecule has 0 bridgehead atoms. The molecule has 1 aliphatic rings. The zero-order valence-electron chi connectivity index (χ0n) is 14.6. The van der Waals surface area contributed by atoms with Crippen molar-refractivity contribution in [2.75, 3.05) is 19.8 Å². The number of thiocarbonyl (C=S) groups is 1. The lowest BCUT2D eigenvalue weighted by molar-refractivity contribution is -0.114. The number of aliphatic hydroxyl groups is 1. The van der Waals surface area contributed by atoms with E-state index in [1.54, 1.807) is 6.08 Å². The summed E-state index contributed by atoms with van der Waals surface area (Å²) in [5, 5.41) is 9.19. The topological polar surface area (TPSA) is 72.5 Å². The predicted molar refractivity (Wildman–Crippen MR) is 105 cm³/mol. The van der Waals surface area contributed by atoms with Crippen molar-refractivity contribution in [3.63, 3.8) is 0 Å². The number of nitrogens with two attached hydrogens (primary N) is 1. The van der Waals surface area contributed by atoms with Crippen molar-refractivity contribution in [3.05, 3.63) is 35.9 Å². The third-order valence-corrected chi connectivity index (χ3v) is 4.96. The molecule has 1 unspecified atom stereocenters. The van der Waals surface area contributed by atoms with E-state index in [1.165, 1.54) is 0 Å². The van der Waals surface area contributed by atoms with Gasteiger partial charge < -0.3 is 15.6 Å². The molecule has 1 atom stereocenters. The highest BCUT2D eigenvalue weighted by Crippen LogP contribution is 2.34. The number of carbonyl (C=O) groups is 1. The van der Waals surface area contributed by atoms with Crippen LogP contribution in [-0.4, -0.2) is 35.5 Å². The Balaban J connectivity index is 2.34. The first-order valence-electron chi connectivity index (χ1n) is 8.95. The van der Waals surface area contributed by atoms with Crippen molar-refractivity contribution in [2.45, 2.75) is 38.5 Å². The van der Waals surface area contributed by atoms with Crippen LogP contribution >= 0.6 is 12.2 Å². The van der Waals surface area contributed by atoms with Gasteiger partial charge in [0.15, 0.2) is 5.78 Å². The van der Waals surface area contributed by atoms with E-state index in [2.05, 4.69) is 0 Å². The molecule has 25 heavy (non-hydrogen) atoms. The van der Waals surface area contributed by atoms with Gasteiger partial charge in [0.25, 0.3) is 0 Å². The van der Waals surface area contributed by atoms with E-state index in [4.69, 9.17) is 22.7 Å². The van der Waals surface area contributed by atoms with Gasteiger partial charge in [0.2, 0.25) is 0 Å². The second-order valence-corrected chi connectivity index (χ2v) is 6.88. The number of ether oxygens (including phenoxy) is 1. The van der Waals surface area contributed by atoms with Crippen molar-refractivity contribution in [3.8, 4) is 5.75 Å². The van der Waals surface area contributed by atoms with E-state index in [0.29, 0.717) is 26.0 Å². The van der Waals surface area contributed by atoms with Crippen LogP contribution in [0.2, 0.25) is 0 Å². The summed E-state index contributed by atoms with van der Waals surface area (Å²) in [6.45, 7) is 1.04. The van der Waals surface area contributed by atoms with Gasteiger partial charge in [0, 0.05) is 25.1 Å². The third kappa shape index (κ3) is 6.03. The number of benzene rings is 1. The molecule has 0 amide bonds. The standard InChI is InChI=1S/C20H27NO3S/c21-10-12-24-19-8-2-1-7-18(19)16-13-15(5-4-11-22)20(25)9-3-6-17(23)14-16/h1-2,7-8,14-15,22H,3-6,9-13,21H2/b16-14+. The number of rotatable bonds is 7. The first-order valence-corrected chi connectivity index (χ1v) is 9.35. The van der Waals surface area contributed by atoms with Gasteiger partial charge >= 0.3 is 0 Å². The number of hydrogen-bond donors (Lipinski definition) is 2. The highest BCUT2D eigenvalue weighted by molar-refractivity contribution is 7.80. The molecule has 2 rings (SSSR count). The van der Waals surface area contributed by atoms with Gasteiger partial charge in [-0.2, -0.15) is 0 Å². The first-order chi connectivity index (χ1) is 12.2. The van der Waals surface area contributed by atoms with Crippen LogP contribution in [0.5, 0.6) is 5.75 Å². The lowest BCUT2D eigenvalue weighted by atomic mass is 9.87. The normalized spacial score (nSPS) is 21.0. The molecule has 1 aromatic rings. The minimum absolute atomic E-state index is 0.134. The molecule has 0 fully saturated rings. The lowest BCUT2D eigenvalue weighted by Crippen LogP contribution is -2.14. The molecule has 0 radical (unpaired) electrons. The maximum Gasteiger partial charge on any atom is 0.155 e. The van der Waals surface area contributed by atoms with E-state index in [1.807, 2.05) is 24.3 Å². The number of ketones is 1. The Bertz CT molecular complexity index is 627. The fraction of sp³-hybridized carbons (Fsp3) is 0.500. The van der Waals surface area contributed by atoms with Crippen LogP contribution in [0.15, 0.2) is 30.3 Å². The molecule has 0 saturated heterocycles. The Morgan fingerprint density at radius 2 is 2.08 bits per heavy atom. The van der Waals surface area contributed by atoms with Crippen LogP contribution in [0.4, 0.5) is 0 Å². The molecule has 0 saturated carbocycles. The van der Waals surface area contributed by atoms with Crippen LogP contribution in [0.1, 0.15) is 44.1 Å². The van der Waals surface area contributed by atoms with E-state index < -0.39 is 0 Å². The van der Waals surface area contributed by atoms with Crippen molar-refractivity contribution in [2.24, 2.45) is 11.7 Å². The fourth-order valence-corrected chi connectivity index (χ4v) is 3.51. The van der Waals surface area contributed by atoms with Gasteiger partial charge in [-0.3, -0.25) is 4.79 Å². The molecule has 1 aromatic carbocycles. The van der Waals surface area contributed by atoms with E-state index in [0.717, 1.165) is 47.4 Å². The van der Waals surface area contributed by atoms with Gasteiger partial charge in [-0.1, -0.05) is 30.4 Å². The second-order valence-electron chi connectivity index (χ2n) is 6.36. The molecular formula is C20H27NO3S. The van der Waals surface area contributed by atoms with Crippen LogP contribution < -0.4 is 10.5 Å². The molecule has 136 valence electrons. The van der Waals surface area contributed by atoms with Crippen LogP contribution in [0.3, 0.4) is 0 Å². The largest absolute Gasteiger partial charge is 0.492 e. The quantitative estimate of drug-likeness (QED) is 0.729. The summed E-state index contributed by atoms with van der Waals surface area (Å²) in [6.07, 6.45) is 6.12. The molecule has 0 aromatic heterocycles. The van der Waals surface area contributed by atoms with Gasteiger partial charge in [0.1, 0.15) is 12.4 Å². The zero-order chi connectivity index (χ0) is 18.1. The molecule has 0 heterocycles. The van der Waals surface area contributed by atoms with Crippen LogP contribution in [0, 0.1) is 5.92 Å². The summed E-state index contributed by atoms with van der Waals surface area (Å²) in [4.78, 5) is 13.3. The zero-order valence-corrected chi connectivity index (χ0v) is 15.4. The van der Waals surface area contributed by atoms with E-state index >= 15 is 0 Å². The summed E-state index contributed by atoms with van der Waals surface area (Å²) in [5.41, 5.74) is 7.45. The molecule has 0 aliphatic heterocycles. The number of para-hydroxylation sites is 1. The first kappa shape index (κ1) is 19.8. The number of allylic oxidation sites excluding steroid dienone is 2. The van der Waals surface area contributed by atoms with Crippen LogP contribution in [0.25, 0.3) is 5.57 Å². The summed E-state index contributed by atoms with van der Waals surface area (Å²) in [6, 6.07) is 7.75. The highest BCUT2D eigenvalue weighted by atomic mass is 32.1. The summed E-state index contributed by atoms with van der Waals surface area (Å²) in [5.74, 6) is 1.08. The molecular weight excluding hydrogens is 334 g/mol. The summed E-state index contributed by atoms with van der Waals surface area (Å²) in [7, 11) is 0. The van der Waals surface area contributed by atoms with E-state index in [-0.39, 0.29) is 18.3 Å². The lowest BCUT2D eigenvalue weighted by Gasteiger charge is -2.20. The second kappa shape index (κ2) is 10.4. The molecule has 0 spiro atoms. The number of carbonyl (C=O) groups excluding carboxylic acids is 1. The van der Waals surface area contributed by atoms with Crippen molar-refractivity contribution in [1.29, 1.82) is 0 Å². The van der Waals surface area contributed by atoms with Crippen molar-refractivity contribution in [1.82, 2.24) is 0 Å². The minimum Gasteiger partial charge on any atom is -0.492 e. The predicted octanol–water partition coefficient (Wildman–Crippen LogP) is 3.31. The molecule has 1 aliphatic carbocycles. The monoisotopic (exact) mass is 361 g/mol. The Morgan fingerprint density at radius 1 is 1.28 bits per heavy atom. The Hall–Kier alpha value is -1.56. The van der Waals surface area contributed by atoms with Gasteiger partial charge in [0.05, 0.1) is 0 Å². The van der Waals surface area contributed by atoms with Crippen LogP contribution in [-0.2, 0) is 4.79 Å². The maximum atomic E-state index is 12.3. The molecule has 3 N–H and O–H groups in total. The maximum absolute atomic E-state index is 12.3. The average Bonchev–Trinajstić information content (AvgIpc) is 2.68. The van der Waals surface area contributed by atoms with Crippen molar-refractivity contribution >= 4 is 28.4 Å². The third-order valence-electron chi connectivity index (χ3n) is 4.42. The highest BCUT2D eigenvalue weighted by Gasteiger charge is 2.21. The molecule has 5 heteroatoms. The Morgan fingerprint density at radius 3 is 2.84 bits per heavy atom. The number of hydrogen-bond acceptors (Lipinski definition) is 5. The summed E-state index contributed by atoms with van der Waals surface area (Å²) >= 11 is 5.62. The molecule has 4 nitrogen and oxygen atoms in total. The van der Waals surface area contributed by atoms with Gasteiger partial charge in [-0.15, -0.1) is 0 Å². The van der Waals surface area contributed by atoms with E-state index in [9.17, 15) is 9.90 Å². The van der Waals surface area contributed by atoms with Gasteiger partial charge in [-0.05, 0) is 60.6 Å². The fourth-order valence-electron chi connectivity index (χ4n) is 3.16. The minimum atomic E-state index is 0.134. The van der Waals surface area contributed by atoms with Gasteiger partial charge in [-0.25, -0.2) is 0 Å². The Labute approximate surface area is 155 Å². The summed E-state index contributed by atoms with van der Waals surface area (Å²) < 4.78 is 5.77. The smallest absolute Gasteiger partial charge is 0.155 e. The Kier molecular flexibility index (Phi) is 8.25.